The number of rotatable bonds is 0. The predicted molar refractivity (Wildman–Crippen MR) is 54.6 cm³/mol. The van der Waals surface area contributed by atoms with Crippen molar-refractivity contribution in [1.29, 1.82) is 0 Å². The molecule has 0 aromatic rings. The Bertz CT molecular complexity index is 264. The molecule has 0 spiro atoms. The van der Waals surface area contributed by atoms with E-state index in [1.54, 1.807) is 0 Å². The summed E-state index contributed by atoms with van der Waals surface area (Å²) < 4.78 is 11.1. The van der Waals surface area contributed by atoms with Gasteiger partial charge in [-0.15, -0.1) is 0 Å². The molecule has 0 unspecified atom stereocenters. The lowest BCUT2D eigenvalue weighted by molar-refractivity contribution is -0.130. The van der Waals surface area contributed by atoms with Gasteiger partial charge in [0.05, 0.1) is 18.8 Å². The highest BCUT2D eigenvalue weighted by Gasteiger charge is 2.44. The summed E-state index contributed by atoms with van der Waals surface area (Å²) in [5.41, 5.74) is 0. The second-order valence-corrected chi connectivity index (χ2v) is 5.04. The first-order chi connectivity index (χ1) is 7.34. The fourth-order valence-corrected chi connectivity index (χ4v) is 3.02. The predicted octanol–water partition coefficient (Wildman–Crippen LogP) is 1.55. The first kappa shape index (κ1) is 9.79. The van der Waals surface area contributed by atoms with Gasteiger partial charge in [0.2, 0.25) is 0 Å². The van der Waals surface area contributed by atoms with Gasteiger partial charge in [0.25, 0.3) is 0 Å². The van der Waals surface area contributed by atoms with E-state index in [9.17, 15) is 4.79 Å². The Labute approximate surface area is 90.1 Å². The molecule has 3 fully saturated rings. The Kier molecular flexibility index (Phi) is 2.53. The molecular formula is C12H18O3. The number of ketones is 1. The molecule has 3 heteroatoms. The number of fused-ring (bicyclic) bond motifs is 2. The highest BCUT2D eigenvalue weighted by atomic mass is 16.6. The minimum atomic E-state index is 0.168. The first-order valence-corrected chi connectivity index (χ1v) is 6.10. The van der Waals surface area contributed by atoms with E-state index < -0.39 is 0 Å². The van der Waals surface area contributed by atoms with Gasteiger partial charge in [-0.25, -0.2) is 0 Å². The first-order valence-electron chi connectivity index (χ1n) is 6.10. The van der Waals surface area contributed by atoms with Crippen LogP contribution in [-0.4, -0.2) is 31.2 Å². The fraction of sp³-hybridized carbons (Fsp3) is 0.917. The van der Waals surface area contributed by atoms with E-state index in [4.69, 9.17) is 9.47 Å². The molecular weight excluding hydrogens is 192 g/mol. The van der Waals surface area contributed by atoms with Gasteiger partial charge in [0, 0.05) is 18.9 Å². The average Bonchev–Trinajstić information content (AvgIpc) is 2.96. The number of carbonyl (C=O) groups is 1. The number of ether oxygens (including phenoxy) is 2. The van der Waals surface area contributed by atoms with Crippen LogP contribution >= 0.6 is 0 Å². The summed E-state index contributed by atoms with van der Waals surface area (Å²) in [4.78, 5) is 12.0. The van der Waals surface area contributed by atoms with Crippen molar-refractivity contribution in [3.8, 4) is 0 Å². The zero-order chi connectivity index (χ0) is 10.3. The van der Waals surface area contributed by atoms with Crippen molar-refractivity contribution >= 4 is 5.78 Å². The summed E-state index contributed by atoms with van der Waals surface area (Å²) in [5, 5.41) is 0. The van der Waals surface area contributed by atoms with E-state index in [0.717, 1.165) is 38.7 Å². The van der Waals surface area contributed by atoms with E-state index in [0.29, 0.717) is 30.5 Å². The van der Waals surface area contributed by atoms with Crippen LogP contribution in [0.5, 0.6) is 0 Å². The molecule has 0 amide bonds. The van der Waals surface area contributed by atoms with Gasteiger partial charge >= 0.3 is 0 Å². The Morgan fingerprint density at radius 3 is 3.07 bits per heavy atom. The lowest BCUT2D eigenvalue weighted by atomic mass is 9.81. The minimum Gasteiger partial charge on any atom is -0.381 e. The molecule has 2 heterocycles. The molecule has 1 aliphatic carbocycles. The van der Waals surface area contributed by atoms with Gasteiger partial charge in [0.1, 0.15) is 5.78 Å². The second kappa shape index (κ2) is 3.87. The summed E-state index contributed by atoms with van der Waals surface area (Å²) in [6.07, 6.45) is 5.88. The van der Waals surface area contributed by atoms with Gasteiger partial charge in [0.15, 0.2) is 0 Å². The maximum Gasteiger partial charge on any atom is 0.138 e. The van der Waals surface area contributed by atoms with Crippen molar-refractivity contribution in [2.45, 2.75) is 44.3 Å². The van der Waals surface area contributed by atoms with Gasteiger partial charge < -0.3 is 9.47 Å². The van der Waals surface area contributed by atoms with Crippen molar-refractivity contribution < 1.29 is 14.3 Å². The normalized spacial score (nSPS) is 45.7. The van der Waals surface area contributed by atoms with Crippen LogP contribution in [0.15, 0.2) is 0 Å². The Hall–Kier alpha value is -0.410. The topological polar surface area (TPSA) is 38.8 Å². The number of carbonyl (C=O) groups excluding carboxylic acids is 1. The molecule has 1 saturated carbocycles. The molecule has 0 radical (unpaired) electrons. The minimum absolute atomic E-state index is 0.168. The fourth-order valence-electron chi connectivity index (χ4n) is 3.02. The standard InChI is InChI=1S/C12H18O3/c13-10-2-1-3-11-12(15-11)6-8-4-5-14-7-9(8)10/h8-9,11-12H,1-7H2/t8-,9+,11-,12+/m0/s1. The van der Waals surface area contributed by atoms with Gasteiger partial charge in [-0.1, -0.05) is 0 Å². The molecule has 0 bridgehead atoms. The SMILES string of the molecule is O=C1CCC[C@@H]2O[C@@H]2C[C@@H]2CCOC[C@@H]12. The third-order valence-corrected chi connectivity index (χ3v) is 4.05. The zero-order valence-electron chi connectivity index (χ0n) is 8.98. The van der Waals surface area contributed by atoms with Gasteiger partial charge in [-0.3, -0.25) is 4.79 Å². The number of epoxide rings is 1. The quantitative estimate of drug-likeness (QED) is 0.569. The zero-order valence-corrected chi connectivity index (χ0v) is 8.98. The van der Waals surface area contributed by atoms with Crippen molar-refractivity contribution in [1.82, 2.24) is 0 Å². The third-order valence-electron chi connectivity index (χ3n) is 4.05. The molecule has 2 aliphatic heterocycles. The van der Waals surface area contributed by atoms with Crippen molar-refractivity contribution in [3.63, 3.8) is 0 Å². The van der Waals surface area contributed by atoms with Crippen LogP contribution in [0.3, 0.4) is 0 Å². The summed E-state index contributed by atoms with van der Waals surface area (Å²) in [6.45, 7) is 1.48. The maximum absolute atomic E-state index is 12.0. The van der Waals surface area contributed by atoms with Gasteiger partial charge in [-0.05, 0) is 31.6 Å². The molecule has 2 saturated heterocycles. The molecule has 0 aromatic heterocycles. The Balaban J connectivity index is 1.74. The van der Waals surface area contributed by atoms with Crippen molar-refractivity contribution in [3.05, 3.63) is 0 Å². The molecule has 0 aromatic carbocycles. The summed E-state index contributed by atoms with van der Waals surface area (Å²) in [7, 11) is 0. The highest BCUT2D eigenvalue weighted by Crippen LogP contribution is 2.39. The molecule has 0 N–H and O–H groups in total. The van der Waals surface area contributed by atoms with E-state index >= 15 is 0 Å². The smallest absolute Gasteiger partial charge is 0.138 e. The van der Waals surface area contributed by atoms with E-state index in [-0.39, 0.29) is 5.92 Å². The van der Waals surface area contributed by atoms with Crippen molar-refractivity contribution in [2.24, 2.45) is 11.8 Å². The van der Waals surface area contributed by atoms with Gasteiger partial charge in [-0.2, -0.15) is 0 Å². The van der Waals surface area contributed by atoms with Crippen LogP contribution in [0, 0.1) is 11.8 Å². The summed E-state index contributed by atoms with van der Waals surface area (Å²) >= 11 is 0. The number of hydrogen-bond donors (Lipinski definition) is 0. The van der Waals surface area contributed by atoms with Crippen LogP contribution in [0.4, 0.5) is 0 Å². The van der Waals surface area contributed by atoms with Crippen molar-refractivity contribution in [2.75, 3.05) is 13.2 Å². The van der Waals surface area contributed by atoms with Crippen LogP contribution in [-0.2, 0) is 14.3 Å². The van der Waals surface area contributed by atoms with Crippen LogP contribution in [0.2, 0.25) is 0 Å². The highest BCUT2D eigenvalue weighted by molar-refractivity contribution is 5.81. The lowest BCUT2D eigenvalue weighted by Gasteiger charge is -2.30. The molecule has 15 heavy (non-hydrogen) atoms. The largest absolute Gasteiger partial charge is 0.381 e. The Morgan fingerprint density at radius 2 is 2.13 bits per heavy atom. The monoisotopic (exact) mass is 210 g/mol. The number of hydrogen-bond acceptors (Lipinski definition) is 3. The molecule has 3 rings (SSSR count). The number of Topliss-reactive ketones (excluding diaryl/α,β-unsaturated/α-hetero) is 1. The third kappa shape index (κ3) is 1.95. The van der Waals surface area contributed by atoms with E-state index in [1.165, 1.54) is 0 Å². The molecule has 3 aliphatic rings. The summed E-state index contributed by atoms with van der Waals surface area (Å²) in [5.74, 6) is 1.13. The van der Waals surface area contributed by atoms with E-state index in [1.807, 2.05) is 0 Å². The average molecular weight is 210 g/mol. The maximum atomic E-state index is 12.0. The molecule has 84 valence electrons. The lowest BCUT2D eigenvalue weighted by Crippen LogP contribution is -2.34. The summed E-state index contributed by atoms with van der Waals surface area (Å²) in [6, 6.07) is 0. The van der Waals surface area contributed by atoms with E-state index in [2.05, 4.69) is 0 Å². The Morgan fingerprint density at radius 1 is 1.20 bits per heavy atom. The molecule has 4 atom stereocenters. The molecule has 3 nitrogen and oxygen atoms in total. The second-order valence-electron chi connectivity index (χ2n) is 5.04. The van der Waals surface area contributed by atoms with Crippen LogP contribution in [0.25, 0.3) is 0 Å². The van der Waals surface area contributed by atoms with Crippen LogP contribution in [0.1, 0.15) is 32.1 Å². The van der Waals surface area contributed by atoms with Crippen LogP contribution < -0.4 is 0 Å².